The van der Waals surface area contributed by atoms with Gasteiger partial charge in [0.2, 0.25) is 5.88 Å². The second-order valence-corrected chi connectivity index (χ2v) is 6.27. The van der Waals surface area contributed by atoms with Crippen molar-refractivity contribution >= 4 is 27.5 Å². The van der Waals surface area contributed by atoms with Gasteiger partial charge in [-0.25, -0.2) is 4.98 Å². The molecule has 0 amide bonds. The molecule has 0 spiro atoms. The van der Waals surface area contributed by atoms with E-state index < -0.39 is 0 Å². The van der Waals surface area contributed by atoms with Crippen molar-refractivity contribution in [2.75, 3.05) is 12.3 Å². The van der Waals surface area contributed by atoms with E-state index in [-0.39, 0.29) is 0 Å². The number of H-pyrrole nitrogens is 1. The van der Waals surface area contributed by atoms with Crippen LogP contribution in [0.25, 0.3) is 22.6 Å². The molecule has 6 heteroatoms. The van der Waals surface area contributed by atoms with Gasteiger partial charge in [0.25, 0.3) is 0 Å². The SMILES string of the molecule is CCOc1ccc2[nH]c(-c3c(N)sc4c3CCC4)nc2n1. The number of thiophene rings is 1. The molecular weight excluding hydrogens is 284 g/mol. The van der Waals surface area contributed by atoms with Gasteiger partial charge in [0.1, 0.15) is 5.82 Å². The molecule has 0 radical (unpaired) electrons. The van der Waals surface area contributed by atoms with E-state index in [4.69, 9.17) is 10.5 Å². The van der Waals surface area contributed by atoms with Gasteiger partial charge in [-0.2, -0.15) is 4.98 Å². The summed E-state index contributed by atoms with van der Waals surface area (Å²) in [6.07, 6.45) is 3.44. The molecule has 5 nitrogen and oxygen atoms in total. The number of aromatic amines is 1. The van der Waals surface area contributed by atoms with Gasteiger partial charge in [0.15, 0.2) is 5.65 Å². The fraction of sp³-hybridized carbons (Fsp3) is 0.333. The monoisotopic (exact) mass is 300 g/mol. The first-order valence-electron chi connectivity index (χ1n) is 7.16. The van der Waals surface area contributed by atoms with E-state index in [0.29, 0.717) is 18.1 Å². The molecule has 1 aliphatic rings. The number of hydrogen-bond acceptors (Lipinski definition) is 5. The third kappa shape index (κ3) is 1.98. The Morgan fingerprint density at radius 3 is 3.10 bits per heavy atom. The van der Waals surface area contributed by atoms with Crippen LogP contribution in [0.5, 0.6) is 5.88 Å². The highest BCUT2D eigenvalue weighted by molar-refractivity contribution is 7.16. The Kier molecular flexibility index (Phi) is 2.85. The Bertz CT molecular complexity index is 821. The normalized spacial score (nSPS) is 13.8. The topological polar surface area (TPSA) is 76.8 Å². The van der Waals surface area contributed by atoms with Gasteiger partial charge in [-0.15, -0.1) is 11.3 Å². The van der Waals surface area contributed by atoms with Crippen LogP contribution in [-0.2, 0) is 12.8 Å². The third-order valence-electron chi connectivity index (χ3n) is 3.80. The van der Waals surface area contributed by atoms with Gasteiger partial charge in [0, 0.05) is 10.9 Å². The largest absolute Gasteiger partial charge is 0.478 e. The lowest BCUT2D eigenvalue weighted by atomic mass is 10.1. The molecule has 3 aromatic rings. The molecule has 0 bridgehead atoms. The number of hydrogen-bond donors (Lipinski definition) is 2. The van der Waals surface area contributed by atoms with E-state index in [1.807, 2.05) is 19.1 Å². The predicted octanol–water partition coefficient (Wildman–Crippen LogP) is 3.16. The lowest BCUT2D eigenvalue weighted by Gasteiger charge is -1.99. The maximum absolute atomic E-state index is 6.20. The van der Waals surface area contributed by atoms with Crippen molar-refractivity contribution in [3.63, 3.8) is 0 Å². The summed E-state index contributed by atoms with van der Waals surface area (Å²) in [5.74, 6) is 1.43. The minimum Gasteiger partial charge on any atom is -0.478 e. The molecule has 0 atom stereocenters. The second-order valence-electron chi connectivity index (χ2n) is 5.14. The molecule has 108 valence electrons. The molecule has 3 aromatic heterocycles. The molecule has 0 fully saturated rings. The summed E-state index contributed by atoms with van der Waals surface area (Å²) in [5.41, 5.74) is 10.2. The number of imidazole rings is 1. The number of rotatable bonds is 3. The summed E-state index contributed by atoms with van der Waals surface area (Å²) < 4.78 is 5.42. The molecule has 0 aromatic carbocycles. The highest BCUT2D eigenvalue weighted by Gasteiger charge is 2.24. The van der Waals surface area contributed by atoms with Crippen LogP contribution in [0.4, 0.5) is 5.00 Å². The van der Waals surface area contributed by atoms with Crippen molar-refractivity contribution in [3.8, 4) is 17.3 Å². The van der Waals surface area contributed by atoms with Crippen molar-refractivity contribution < 1.29 is 4.74 Å². The molecule has 3 heterocycles. The van der Waals surface area contributed by atoms with Crippen LogP contribution in [0.2, 0.25) is 0 Å². The maximum atomic E-state index is 6.20. The molecule has 0 saturated carbocycles. The van der Waals surface area contributed by atoms with E-state index >= 15 is 0 Å². The third-order valence-corrected chi connectivity index (χ3v) is 4.92. The first-order valence-corrected chi connectivity index (χ1v) is 7.98. The lowest BCUT2D eigenvalue weighted by molar-refractivity contribution is 0.328. The van der Waals surface area contributed by atoms with Gasteiger partial charge in [0.05, 0.1) is 22.7 Å². The van der Waals surface area contributed by atoms with Crippen molar-refractivity contribution in [2.45, 2.75) is 26.2 Å². The van der Waals surface area contributed by atoms with E-state index in [1.165, 1.54) is 16.9 Å². The number of nitrogen functional groups attached to an aromatic ring is 1. The second kappa shape index (κ2) is 4.73. The van der Waals surface area contributed by atoms with Crippen LogP contribution >= 0.6 is 11.3 Å². The van der Waals surface area contributed by atoms with Gasteiger partial charge < -0.3 is 15.5 Å². The number of aryl methyl sites for hydroxylation is 1. The van der Waals surface area contributed by atoms with E-state index in [9.17, 15) is 0 Å². The summed E-state index contributed by atoms with van der Waals surface area (Å²) in [5, 5.41) is 0.851. The van der Waals surface area contributed by atoms with Gasteiger partial charge in [-0.1, -0.05) is 0 Å². The number of aromatic nitrogens is 3. The summed E-state index contributed by atoms with van der Waals surface area (Å²) >= 11 is 1.69. The lowest BCUT2D eigenvalue weighted by Crippen LogP contribution is -1.93. The highest BCUT2D eigenvalue weighted by Crippen LogP contribution is 2.42. The Morgan fingerprint density at radius 1 is 1.33 bits per heavy atom. The Balaban J connectivity index is 1.84. The number of nitrogens with two attached hydrogens (primary N) is 1. The number of nitrogens with zero attached hydrogens (tertiary/aromatic N) is 2. The molecule has 0 saturated heterocycles. The van der Waals surface area contributed by atoms with Crippen LogP contribution in [-0.4, -0.2) is 21.6 Å². The van der Waals surface area contributed by atoms with Crippen LogP contribution < -0.4 is 10.5 Å². The fourth-order valence-electron chi connectivity index (χ4n) is 2.91. The van der Waals surface area contributed by atoms with Crippen LogP contribution in [0.15, 0.2) is 12.1 Å². The zero-order valence-corrected chi connectivity index (χ0v) is 12.6. The maximum Gasteiger partial charge on any atom is 0.215 e. The smallest absolute Gasteiger partial charge is 0.215 e. The molecule has 0 aliphatic heterocycles. The Hall–Kier alpha value is -2.08. The first-order chi connectivity index (χ1) is 10.3. The molecule has 4 rings (SSSR count). The van der Waals surface area contributed by atoms with Crippen molar-refractivity contribution in [2.24, 2.45) is 0 Å². The van der Waals surface area contributed by atoms with Crippen molar-refractivity contribution in [1.82, 2.24) is 15.0 Å². The molecular formula is C15H16N4OS. The number of pyridine rings is 1. The van der Waals surface area contributed by atoms with Crippen LogP contribution in [0.3, 0.4) is 0 Å². The Morgan fingerprint density at radius 2 is 2.24 bits per heavy atom. The van der Waals surface area contributed by atoms with Crippen molar-refractivity contribution in [1.29, 1.82) is 0 Å². The van der Waals surface area contributed by atoms with Gasteiger partial charge >= 0.3 is 0 Å². The van der Waals surface area contributed by atoms with Crippen molar-refractivity contribution in [3.05, 3.63) is 22.6 Å². The summed E-state index contributed by atoms with van der Waals surface area (Å²) in [6, 6.07) is 3.81. The molecule has 1 aliphatic carbocycles. The summed E-state index contributed by atoms with van der Waals surface area (Å²) in [4.78, 5) is 13.8. The van der Waals surface area contributed by atoms with Gasteiger partial charge in [-0.3, -0.25) is 0 Å². The highest BCUT2D eigenvalue weighted by atomic mass is 32.1. The minimum absolute atomic E-state index is 0.598. The molecule has 0 unspecified atom stereocenters. The van der Waals surface area contributed by atoms with Gasteiger partial charge in [-0.05, 0) is 37.8 Å². The Labute approximate surface area is 126 Å². The zero-order chi connectivity index (χ0) is 14.4. The summed E-state index contributed by atoms with van der Waals surface area (Å²) in [6.45, 7) is 2.54. The van der Waals surface area contributed by atoms with E-state index in [2.05, 4.69) is 15.0 Å². The van der Waals surface area contributed by atoms with E-state index in [0.717, 1.165) is 34.7 Å². The average molecular weight is 300 g/mol. The van der Waals surface area contributed by atoms with E-state index in [1.54, 1.807) is 11.3 Å². The fourth-order valence-corrected chi connectivity index (χ4v) is 4.07. The first kappa shape index (κ1) is 12.6. The standard InChI is InChI=1S/C15H16N4OS/c1-2-20-11-7-6-9-14(18-11)19-15(17-9)12-8-4-3-5-10(8)21-13(12)16/h6-7H,2-5,16H2,1H3,(H,17,18,19). The molecule has 21 heavy (non-hydrogen) atoms. The average Bonchev–Trinajstić information content (AvgIpc) is 3.11. The van der Waals surface area contributed by atoms with Crippen LogP contribution in [0.1, 0.15) is 23.8 Å². The van der Waals surface area contributed by atoms with Crippen LogP contribution in [0, 0.1) is 0 Å². The summed E-state index contributed by atoms with van der Waals surface area (Å²) in [7, 11) is 0. The quantitative estimate of drug-likeness (QED) is 0.779. The number of nitrogens with one attached hydrogen (secondary N) is 1. The number of anilines is 1. The predicted molar refractivity (Wildman–Crippen MR) is 84.8 cm³/mol. The zero-order valence-electron chi connectivity index (χ0n) is 11.8. The minimum atomic E-state index is 0.598. The number of ether oxygens (including phenoxy) is 1. The molecule has 3 N–H and O–H groups in total. The number of fused-ring (bicyclic) bond motifs is 2.